The van der Waals surface area contributed by atoms with Crippen LogP contribution >= 0.6 is 23.4 Å². The van der Waals surface area contributed by atoms with Gasteiger partial charge in [-0.05, 0) is 77.8 Å². The molecule has 4 aromatic carbocycles. The third-order valence-corrected chi connectivity index (χ3v) is 7.93. The number of nitrogens with zero attached hydrogens (tertiary/aromatic N) is 2. The van der Waals surface area contributed by atoms with Gasteiger partial charge in [-0.2, -0.15) is 0 Å². The summed E-state index contributed by atoms with van der Waals surface area (Å²) in [4.78, 5) is 7.60. The standard InChI is InChI=1S/C28H29ClN2S/c1-30-17-19-31(20-18-30)16-6-11-23-24-7-2-4-9-26(24)28(27-10-5-3-8-25(23)27)32-22-14-12-21(29)13-15-22/h2-5,7-10,12-15H,6,11,16-20H2,1H3. The molecule has 1 saturated heterocycles. The molecule has 0 atom stereocenters. The van der Waals surface area contributed by atoms with Crippen molar-refractivity contribution in [2.24, 2.45) is 0 Å². The van der Waals surface area contributed by atoms with E-state index in [0.717, 1.165) is 11.4 Å². The van der Waals surface area contributed by atoms with Crippen molar-refractivity contribution in [3.8, 4) is 0 Å². The van der Waals surface area contributed by atoms with Gasteiger partial charge in [-0.1, -0.05) is 71.9 Å². The molecule has 2 nitrogen and oxygen atoms in total. The SMILES string of the molecule is CN1CCN(CCCc2c3ccccc3c(Sc3ccc(Cl)cc3)c3ccccc23)CC1. The van der Waals surface area contributed by atoms with Crippen molar-refractivity contribution in [3.05, 3.63) is 83.4 Å². The van der Waals surface area contributed by atoms with Gasteiger partial charge in [0.05, 0.1) is 0 Å². The molecule has 0 unspecified atom stereocenters. The van der Waals surface area contributed by atoms with Gasteiger partial charge in [0.2, 0.25) is 0 Å². The van der Waals surface area contributed by atoms with E-state index in [1.807, 2.05) is 23.9 Å². The van der Waals surface area contributed by atoms with E-state index in [1.54, 1.807) is 0 Å². The molecular formula is C28H29ClN2S. The Hall–Kier alpha value is -2.04. The Morgan fingerprint density at radius 1 is 0.750 bits per heavy atom. The quantitative estimate of drug-likeness (QED) is 0.286. The first-order valence-electron chi connectivity index (χ1n) is 11.5. The van der Waals surface area contributed by atoms with Gasteiger partial charge in [-0.3, -0.25) is 0 Å². The number of aryl methyl sites for hydroxylation is 1. The summed E-state index contributed by atoms with van der Waals surface area (Å²) in [7, 11) is 2.22. The molecule has 0 radical (unpaired) electrons. The molecule has 1 aliphatic rings. The molecule has 1 heterocycles. The van der Waals surface area contributed by atoms with Gasteiger partial charge in [-0.25, -0.2) is 0 Å². The Kier molecular flexibility index (Phi) is 6.70. The summed E-state index contributed by atoms with van der Waals surface area (Å²) < 4.78 is 0. The molecular weight excluding hydrogens is 432 g/mol. The highest BCUT2D eigenvalue weighted by atomic mass is 35.5. The van der Waals surface area contributed by atoms with Gasteiger partial charge >= 0.3 is 0 Å². The summed E-state index contributed by atoms with van der Waals surface area (Å²) in [6.07, 6.45) is 2.31. The highest BCUT2D eigenvalue weighted by molar-refractivity contribution is 7.99. The van der Waals surface area contributed by atoms with Gasteiger partial charge in [0, 0.05) is 41.0 Å². The van der Waals surface area contributed by atoms with Crippen molar-refractivity contribution in [2.45, 2.75) is 22.6 Å². The van der Waals surface area contributed by atoms with Gasteiger partial charge in [0.25, 0.3) is 0 Å². The molecule has 0 amide bonds. The Bertz CT molecular complexity index is 1160. The van der Waals surface area contributed by atoms with Crippen LogP contribution in [0.1, 0.15) is 12.0 Å². The Labute approximate surface area is 200 Å². The van der Waals surface area contributed by atoms with E-state index in [4.69, 9.17) is 11.6 Å². The molecule has 0 bridgehead atoms. The lowest BCUT2D eigenvalue weighted by Gasteiger charge is -2.32. The van der Waals surface area contributed by atoms with Crippen LogP contribution in [0.15, 0.2) is 82.6 Å². The molecule has 0 aliphatic carbocycles. The van der Waals surface area contributed by atoms with Crippen LogP contribution in [0.5, 0.6) is 0 Å². The van der Waals surface area contributed by atoms with Gasteiger partial charge in [0.1, 0.15) is 0 Å². The Morgan fingerprint density at radius 2 is 1.31 bits per heavy atom. The highest BCUT2D eigenvalue weighted by Crippen LogP contribution is 2.42. The molecule has 1 fully saturated rings. The molecule has 0 aromatic heterocycles. The number of rotatable bonds is 6. The molecule has 4 heteroatoms. The monoisotopic (exact) mass is 460 g/mol. The van der Waals surface area contributed by atoms with E-state index >= 15 is 0 Å². The summed E-state index contributed by atoms with van der Waals surface area (Å²) in [6.45, 7) is 5.92. The number of halogens is 1. The van der Waals surface area contributed by atoms with Gasteiger partial charge in [-0.15, -0.1) is 0 Å². The molecule has 5 rings (SSSR count). The lowest BCUT2D eigenvalue weighted by Crippen LogP contribution is -2.44. The third-order valence-electron chi connectivity index (χ3n) is 6.52. The molecule has 32 heavy (non-hydrogen) atoms. The van der Waals surface area contributed by atoms with Crippen LogP contribution in [-0.2, 0) is 6.42 Å². The average Bonchev–Trinajstić information content (AvgIpc) is 2.83. The van der Waals surface area contributed by atoms with Crippen LogP contribution in [0.2, 0.25) is 5.02 Å². The summed E-state index contributed by atoms with van der Waals surface area (Å²) in [5, 5.41) is 6.25. The Balaban J connectivity index is 1.50. The smallest absolute Gasteiger partial charge is 0.0406 e. The number of likely N-dealkylation sites (N-methyl/N-ethyl adjacent to an activating group) is 1. The molecule has 1 aliphatic heterocycles. The van der Waals surface area contributed by atoms with Crippen molar-refractivity contribution in [2.75, 3.05) is 39.8 Å². The maximum atomic E-state index is 6.12. The summed E-state index contributed by atoms with van der Waals surface area (Å²) in [5.41, 5.74) is 1.49. The maximum absolute atomic E-state index is 6.12. The molecule has 164 valence electrons. The van der Waals surface area contributed by atoms with E-state index in [0.29, 0.717) is 0 Å². The van der Waals surface area contributed by atoms with Gasteiger partial charge < -0.3 is 9.80 Å². The number of fused-ring (bicyclic) bond motifs is 2. The van der Waals surface area contributed by atoms with Gasteiger partial charge in [0.15, 0.2) is 0 Å². The van der Waals surface area contributed by atoms with Crippen LogP contribution in [0.4, 0.5) is 0 Å². The predicted molar refractivity (Wildman–Crippen MR) is 139 cm³/mol. The maximum Gasteiger partial charge on any atom is 0.0406 e. The zero-order chi connectivity index (χ0) is 21.9. The van der Waals surface area contributed by atoms with E-state index in [1.165, 1.54) is 76.0 Å². The van der Waals surface area contributed by atoms with E-state index in [-0.39, 0.29) is 0 Å². The van der Waals surface area contributed by atoms with Crippen LogP contribution in [0.25, 0.3) is 21.5 Å². The summed E-state index contributed by atoms with van der Waals surface area (Å²) in [5.74, 6) is 0. The van der Waals surface area contributed by atoms with Crippen molar-refractivity contribution >= 4 is 44.9 Å². The van der Waals surface area contributed by atoms with Crippen LogP contribution < -0.4 is 0 Å². The second-order valence-electron chi connectivity index (χ2n) is 8.70. The number of piperazine rings is 1. The fourth-order valence-corrected chi connectivity index (χ4v) is 5.94. The average molecular weight is 461 g/mol. The normalized spacial score (nSPS) is 15.6. The van der Waals surface area contributed by atoms with Crippen molar-refractivity contribution < 1.29 is 0 Å². The third kappa shape index (κ3) is 4.67. The number of hydrogen-bond acceptors (Lipinski definition) is 3. The van der Waals surface area contributed by atoms with Crippen LogP contribution in [0.3, 0.4) is 0 Å². The zero-order valence-corrected chi connectivity index (χ0v) is 20.1. The lowest BCUT2D eigenvalue weighted by molar-refractivity contribution is 0.153. The molecule has 4 aromatic rings. The second kappa shape index (κ2) is 9.84. The molecule has 0 N–H and O–H groups in total. The predicted octanol–water partition coefficient (Wildman–Crippen LogP) is 6.98. The highest BCUT2D eigenvalue weighted by Gasteiger charge is 2.16. The minimum Gasteiger partial charge on any atom is -0.304 e. The summed E-state index contributed by atoms with van der Waals surface area (Å²) >= 11 is 7.96. The first-order valence-corrected chi connectivity index (χ1v) is 12.6. The minimum atomic E-state index is 0.778. The van der Waals surface area contributed by atoms with Crippen molar-refractivity contribution in [1.29, 1.82) is 0 Å². The van der Waals surface area contributed by atoms with Crippen molar-refractivity contribution in [3.63, 3.8) is 0 Å². The largest absolute Gasteiger partial charge is 0.304 e. The van der Waals surface area contributed by atoms with Crippen molar-refractivity contribution in [1.82, 2.24) is 9.80 Å². The molecule has 0 saturated carbocycles. The fraction of sp³-hybridized carbons (Fsp3) is 0.286. The number of benzene rings is 4. The second-order valence-corrected chi connectivity index (χ2v) is 10.2. The molecule has 0 spiro atoms. The van der Waals surface area contributed by atoms with E-state index < -0.39 is 0 Å². The first-order chi connectivity index (χ1) is 15.7. The van der Waals surface area contributed by atoms with E-state index in [9.17, 15) is 0 Å². The van der Waals surface area contributed by atoms with E-state index in [2.05, 4.69) is 77.5 Å². The Morgan fingerprint density at radius 3 is 1.91 bits per heavy atom. The fourth-order valence-electron chi connectivity index (χ4n) is 4.73. The van der Waals surface area contributed by atoms with Crippen LogP contribution in [-0.4, -0.2) is 49.6 Å². The number of hydrogen-bond donors (Lipinski definition) is 0. The van der Waals surface area contributed by atoms with Crippen LogP contribution in [0, 0.1) is 0 Å². The topological polar surface area (TPSA) is 6.48 Å². The minimum absolute atomic E-state index is 0.778. The zero-order valence-electron chi connectivity index (χ0n) is 18.6. The first kappa shape index (κ1) is 21.8. The lowest BCUT2D eigenvalue weighted by atomic mass is 9.93. The summed E-state index contributed by atoms with van der Waals surface area (Å²) in [6, 6.07) is 26.0.